The minimum atomic E-state index is 0.694. The van der Waals surface area contributed by atoms with Gasteiger partial charge in [0.05, 0.1) is 7.11 Å². The Labute approximate surface area is 115 Å². The van der Waals surface area contributed by atoms with Crippen molar-refractivity contribution in [2.24, 2.45) is 0 Å². The first-order valence-corrected chi connectivity index (χ1v) is 6.48. The number of para-hydroxylation sites is 1. The summed E-state index contributed by atoms with van der Waals surface area (Å²) in [6.07, 6.45) is 1.79. The number of hydrogen-bond acceptors (Lipinski definition) is 3. The van der Waals surface area contributed by atoms with Crippen LogP contribution in [0.3, 0.4) is 0 Å². The smallest absolute Gasteiger partial charge is 0.129 e. The van der Waals surface area contributed by atoms with Gasteiger partial charge >= 0.3 is 0 Å². The molecule has 1 aromatic heterocycles. The molecule has 0 aliphatic rings. The third-order valence-corrected chi connectivity index (χ3v) is 3.12. The van der Waals surface area contributed by atoms with E-state index in [1.807, 2.05) is 37.3 Å². The number of rotatable bonds is 4. The summed E-state index contributed by atoms with van der Waals surface area (Å²) in [6.45, 7) is 2.72. The summed E-state index contributed by atoms with van der Waals surface area (Å²) in [5, 5.41) is 3.32. The average molecular weight is 307 g/mol. The third-order valence-electron chi connectivity index (χ3n) is 2.68. The number of halogens is 1. The summed E-state index contributed by atoms with van der Waals surface area (Å²) < 4.78 is 6.30. The average Bonchev–Trinajstić information content (AvgIpc) is 2.38. The molecule has 2 aromatic rings. The lowest BCUT2D eigenvalue weighted by Gasteiger charge is -2.11. The number of ether oxygens (including phenoxy) is 1. The van der Waals surface area contributed by atoms with E-state index in [1.165, 1.54) is 0 Å². The zero-order valence-corrected chi connectivity index (χ0v) is 12.0. The maximum atomic E-state index is 5.32. The van der Waals surface area contributed by atoms with Crippen LogP contribution in [0.2, 0.25) is 0 Å². The van der Waals surface area contributed by atoms with Crippen molar-refractivity contribution in [3.05, 3.63) is 52.1 Å². The molecule has 1 N–H and O–H groups in total. The van der Waals surface area contributed by atoms with E-state index in [9.17, 15) is 0 Å². The van der Waals surface area contributed by atoms with Gasteiger partial charge in [0.1, 0.15) is 11.6 Å². The van der Waals surface area contributed by atoms with Gasteiger partial charge in [-0.05, 0) is 40.5 Å². The molecule has 2 rings (SSSR count). The van der Waals surface area contributed by atoms with Crippen LogP contribution in [0.15, 0.2) is 41.0 Å². The summed E-state index contributed by atoms with van der Waals surface area (Å²) in [5.41, 5.74) is 2.23. The molecule has 4 heteroatoms. The minimum Gasteiger partial charge on any atom is -0.496 e. The number of pyridine rings is 1. The molecule has 18 heavy (non-hydrogen) atoms. The van der Waals surface area contributed by atoms with Crippen molar-refractivity contribution in [1.29, 1.82) is 0 Å². The van der Waals surface area contributed by atoms with E-state index in [4.69, 9.17) is 4.74 Å². The van der Waals surface area contributed by atoms with Gasteiger partial charge in [0.2, 0.25) is 0 Å². The Kier molecular flexibility index (Phi) is 4.20. The molecule has 0 saturated heterocycles. The number of aryl methyl sites for hydroxylation is 1. The molecule has 0 aliphatic heterocycles. The van der Waals surface area contributed by atoms with Gasteiger partial charge in [0.25, 0.3) is 0 Å². The predicted octanol–water partition coefficient (Wildman–Crippen LogP) is 3.77. The second kappa shape index (κ2) is 5.87. The van der Waals surface area contributed by atoms with Gasteiger partial charge in [0, 0.05) is 22.8 Å². The Bertz CT molecular complexity index is 543. The molecule has 1 aromatic carbocycles. The molecule has 3 nitrogen and oxygen atoms in total. The van der Waals surface area contributed by atoms with Crippen LogP contribution < -0.4 is 10.1 Å². The highest BCUT2D eigenvalue weighted by molar-refractivity contribution is 9.10. The van der Waals surface area contributed by atoms with Crippen LogP contribution in [-0.2, 0) is 6.54 Å². The molecule has 0 fully saturated rings. The Morgan fingerprint density at radius 1 is 1.33 bits per heavy atom. The maximum absolute atomic E-state index is 5.32. The summed E-state index contributed by atoms with van der Waals surface area (Å²) in [6, 6.07) is 10.0. The highest BCUT2D eigenvalue weighted by Crippen LogP contribution is 2.21. The van der Waals surface area contributed by atoms with Crippen molar-refractivity contribution < 1.29 is 4.74 Å². The van der Waals surface area contributed by atoms with Crippen molar-refractivity contribution in [3.8, 4) is 5.75 Å². The number of aromatic nitrogens is 1. The van der Waals surface area contributed by atoms with Crippen molar-refractivity contribution in [1.82, 2.24) is 4.98 Å². The molecule has 0 bridgehead atoms. The lowest BCUT2D eigenvalue weighted by molar-refractivity contribution is 0.410. The molecule has 0 radical (unpaired) electrons. The van der Waals surface area contributed by atoms with Crippen LogP contribution in [0, 0.1) is 6.92 Å². The second-order valence-corrected chi connectivity index (χ2v) is 4.90. The zero-order valence-electron chi connectivity index (χ0n) is 10.4. The van der Waals surface area contributed by atoms with E-state index >= 15 is 0 Å². The van der Waals surface area contributed by atoms with Gasteiger partial charge in [-0.3, -0.25) is 0 Å². The number of nitrogens with one attached hydrogen (secondary N) is 1. The van der Waals surface area contributed by atoms with E-state index < -0.39 is 0 Å². The highest BCUT2D eigenvalue weighted by Gasteiger charge is 2.04. The first-order chi connectivity index (χ1) is 8.70. The first-order valence-electron chi connectivity index (χ1n) is 5.68. The van der Waals surface area contributed by atoms with Gasteiger partial charge in [-0.25, -0.2) is 4.98 Å². The molecular formula is C14H15BrN2O. The number of anilines is 1. The summed E-state index contributed by atoms with van der Waals surface area (Å²) in [5.74, 6) is 1.78. The molecule has 0 saturated carbocycles. The highest BCUT2D eigenvalue weighted by atomic mass is 79.9. The zero-order chi connectivity index (χ0) is 13.0. The SMILES string of the molecule is COc1ccccc1CNc1ncc(Br)cc1C. The predicted molar refractivity (Wildman–Crippen MR) is 77.0 cm³/mol. The molecule has 0 unspecified atom stereocenters. The van der Waals surface area contributed by atoms with Crippen molar-refractivity contribution in [3.63, 3.8) is 0 Å². The van der Waals surface area contributed by atoms with Crippen LogP contribution >= 0.6 is 15.9 Å². The van der Waals surface area contributed by atoms with E-state index in [0.717, 1.165) is 27.2 Å². The van der Waals surface area contributed by atoms with E-state index in [1.54, 1.807) is 13.3 Å². The molecule has 0 atom stereocenters. The summed E-state index contributed by atoms with van der Waals surface area (Å²) >= 11 is 3.40. The lowest BCUT2D eigenvalue weighted by Crippen LogP contribution is -2.04. The van der Waals surface area contributed by atoms with Gasteiger partial charge < -0.3 is 10.1 Å². The Morgan fingerprint density at radius 2 is 2.11 bits per heavy atom. The standard InChI is InChI=1S/C14H15BrN2O/c1-10-7-12(15)9-17-14(10)16-8-11-5-3-4-6-13(11)18-2/h3-7,9H,8H2,1-2H3,(H,16,17). The Morgan fingerprint density at radius 3 is 2.83 bits per heavy atom. The molecular weight excluding hydrogens is 292 g/mol. The fraction of sp³-hybridized carbons (Fsp3) is 0.214. The topological polar surface area (TPSA) is 34.1 Å². The molecule has 94 valence electrons. The molecule has 0 aliphatic carbocycles. The summed E-state index contributed by atoms with van der Waals surface area (Å²) in [7, 11) is 1.68. The number of hydrogen-bond donors (Lipinski definition) is 1. The normalized spacial score (nSPS) is 10.2. The number of nitrogens with zero attached hydrogens (tertiary/aromatic N) is 1. The number of benzene rings is 1. The summed E-state index contributed by atoms with van der Waals surface area (Å²) in [4.78, 5) is 4.35. The van der Waals surface area contributed by atoms with Crippen molar-refractivity contribution in [2.45, 2.75) is 13.5 Å². The van der Waals surface area contributed by atoms with E-state index in [2.05, 4.69) is 26.2 Å². The molecule has 0 spiro atoms. The fourth-order valence-electron chi connectivity index (χ4n) is 1.75. The van der Waals surface area contributed by atoms with Crippen LogP contribution in [0.5, 0.6) is 5.75 Å². The van der Waals surface area contributed by atoms with Crippen LogP contribution in [0.1, 0.15) is 11.1 Å². The van der Waals surface area contributed by atoms with E-state index in [-0.39, 0.29) is 0 Å². The lowest BCUT2D eigenvalue weighted by atomic mass is 10.2. The monoisotopic (exact) mass is 306 g/mol. The number of methoxy groups -OCH3 is 1. The largest absolute Gasteiger partial charge is 0.496 e. The van der Waals surface area contributed by atoms with Crippen molar-refractivity contribution in [2.75, 3.05) is 12.4 Å². The van der Waals surface area contributed by atoms with Crippen LogP contribution in [0.4, 0.5) is 5.82 Å². The Hall–Kier alpha value is -1.55. The van der Waals surface area contributed by atoms with Gasteiger partial charge in [-0.2, -0.15) is 0 Å². The van der Waals surface area contributed by atoms with Gasteiger partial charge in [-0.1, -0.05) is 18.2 Å². The van der Waals surface area contributed by atoms with Crippen molar-refractivity contribution >= 4 is 21.7 Å². The van der Waals surface area contributed by atoms with Crippen LogP contribution in [-0.4, -0.2) is 12.1 Å². The maximum Gasteiger partial charge on any atom is 0.129 e. The quantitative estimate of drug-likeness (QED) is 0.933. The van der Waals surface area contributed by atoms with Crippen LogP contribution in [0.25, 0.3) is 0 Å². The van der Waals surface area contributed by atoms with Gasteiger partial charge in [0.15, 0.2) is 0 Å². The first kappa shape index (κ1) is 12.9. The second-order valence-electron chi connectivity index (χ2n) is 3.98. The third kappa shape index (κ3) is 3.01. The van der Waals surface area contributed by atoms with E-state index in [0.29, 0.717) is 6.54 Å². The molecule has 1 heterocycles. The fourth-order valence-corrected chi connectivity index (χ4v) is 2.20. The Balaban J connectivity index is 2.11. The minimum absolute atomic E-state index is 0.694. The van der Waals surface area contributed by atoms with Gasteiger partial charge in [-0.15, -0.1) is 0 Å². The molecule has 0 amide bonds.